The molecule has 3 unspecified atom stereocenters. The molecule has 2 aliphatic heterocycles. The number of rotatable bonds is 3. The van der Waals surface area contributed by atoms with Crippen LogP contribution in [-0.4, -0.2) is 47.6 Å². The molecule has 0 aromatic heterocycles. The van der Waals surface area contributed by atoms with Crippen LogP contribution in [0.5, 0.6) is 0 Å². The van der Waals surface area contributed by atoms with Gasteiger partial charge in [-0.2, -0.15) is 11.8 Å². The van der Waals surface area contributed by atoms with Gasteiger partial charge in [0.1, 0.15) is 0 Å². The van der Waals surface area contributed by atoms with E-state index >= 15 is 0 Å². The summed E-state index contributed by atoms with van der Waals surface area (Å²) in [6.45, 7) is 7.33. The minimum absolute atomic E-state index is 0.767. The molecular formula is C15H28N2S. The first-order valence-corrected chi connectivity index (χ1v) is 8.98. The van der Waals surface area contributed by atoms with Crippen LogP contribution in [0.4, 0.5) is 0 Å². The molecule has 0 aromatic carbocycles. The monoisotopic (exact) mass is 268 g/mol. The Morgan fingerprint density at radius 1 is 1.22 bits per heavy atom. The van der Waals surface area contributed by atoms with Crippen LogP contribution in [0.15, 0.2) is 0 Å². The molecule has 1 N–H and O–H groups in total. The predicted molar refractivity (Wildman–Crippen MR) is 80.2 cm³/mol. The largest absolute Gasteiger partial charge is 0.311 e. The van der Waals surface area contributed by atoms with Crippen molar-refractivity contribution in [1.29, 1.82) is 0 Å². The lowest BCUT2D eigenvalue weighted by atomic mass is 9.94. The molecule has 3 atom stereocenters. The minimum atomic E-state index is 0.767. The van der Waals surface area contributed by atoms with Crippen molar-refractivity contribution in [2.45, 2.75) is 57.7 Å². The van der Waals surface area contributed by atoms with Crippen LogP contribution in [0.1, 0.15) is 39.5 Å². The molecule has 3 heteroatoms. The van der Waals surface area contributed by atoms with Crippen LogP contribution >= 0.6 is 11.8 Å². The maximum atomic E-state index is 3.83. The van der Waals surface area contributed by atoms with E-state index in [9.17, 15) is 0 Å². The first kappa shape index (κ1) is 13.3. The lowest BCUT2D eigenvalue weighted by molar-refractivity contribution is 0.0547. The number of hydrogen-bond donors (Lipinski definition) is 1. The van der Waals surface area contributed by atoms with Gasteiger partial charge in [0.05, 0.1) is 0 Å². The summed E-state index contributed by atoms with van der Waals surface area (Å²) >= 11 is 2.17. The van der Waals surface area contributed by atoms with Gasteiger partial charge in [-0.05, 0) is 43.3 Å². The van der Waals surface area contributed by atoms with Crippen LogP contribution < -0.4 is 5.32 Å². The van der Waals surface area contributed by atoms with Gasteiger partial charge in [0.25, 0.3) is 0 Å². The van der Waals surface area contributed by atoms with Crippen molar-refractivity contribution < 1.29 is 0 Å². The predicted octanol–water partition coefficient (Wildman–Crippen LogP) is 2.59. The Kier molecular flexibility index (Phi) is 4.21. The molecule has 1 saturated carbocycles. The third-order valence-corrected chi connectivity index (χ3v) is 6.19. The minimum Gasteiger partial charge on any atom is -0.311 e. The van der Waals surface area contributed by atoms with Crippen LogP contribution in [-0.2, 0) is 0 Å². The van der Waals surface area contributed by atoms with Crippen LogP contribution in [0.3, 0.4) is 0 Å². The molecule has 1 aliphatic carbocycles. The van der Waals surface area contributed by atoms with Crippen molar-refractivity contribution in [2.24, 2.45) is 11.8 Å². The van der Waals surface area contributed by atoms with Gasteiger partial charge in [0.2, 0.25) is 0 Å². The number of nitrogens with zero attached hydrogens (tertiary/aromatic N) is 1. The molecule has 2 nitrogen and oxygen atoms in total. The molecule has 2 saturated heterocycles. The zero-order valence-corrected chi connectivity index (χ0v) is 12.7. The third-order valence-electron chi connectivity index (χ3n) is 4.99. The van der Waals surface area contributed by atoms with E-state index in [0.29, 0.717) is 0 Å². The average molecular weight is 268 g/mol. The topological polar surface area (TPSA) is 15.3 Å². The van der Waals surface area contributed by atoms with E-state index in [4.69, 9.17) is 0 Å². The highest BCUT2D eigenvalue weighted by Crippen LogP contribution is 2.36. The Morgan fingerprint density at radius 3 is 2.67 bits per heavy atom. The maximum Gasteiger partial charge on any atom is 0.0247 e. The molecule has 18 heavy (non-hydrogen) atoms. The van der Waals surface area contributed by atoms with Crippen LogP contribution in [0.25, 0.3) is 0 Å². The summed E-state index contributed by atoms with van der Waals surface area (Å²) in [4.78, 5) is 2.89. The Bertz CT molecular complexity index is 272. The number of nitrogens with one attached hydrogen (secondary N) is 1. The van der Waals surface area contributed by atoms with E-state index in [1.54, 1.807) is 0 Å². The highest BCUT2D eigenvalue weighted by molar-refractivity contribution is 7.99. The van der Waals surface area contributed by atoms with Gasteiger partial charge in [-0.25, -0.2) is 0 Å². The molecular weight excluding hydrogens is 240 g/mol. The van der Waals surface area contributed by atoms with E-state index in [0.717, 1.165) is 30.0 Å². The second kappa shape index (κ2) is 5.72. The summed E-state index contributed by atoms with van der Waals surface area (Å²) in [7, 11) is 0. The van der Waals surface area contributed by atoms with E-state index in [1.165, 1.54) is 50.3 Å². The highest BCUT2D eigenvalue weighted by Gasteiger charge is 2.40. The SMILES string of the molecule is CC(C)C1CNC(C2CC2)CN1C1CCCSC1. The van der Waals surface area contributed by atoms with Gasteiger partial charge < -0.3 is 5.32 Å². The summed E-state index contributed by atoms with van der Waals surface area (Å²) in [6.07, 6.45) is 5.81. The van der Waals surface area contributed by atoms with Crippen molar-refractivity contribution in [1.82, 2.24) is 10.2 Å². The van der Waals surface area contributed by atoms with E-state index in [1.807, 2.05) is 0 Å². The summed E-state index contributed by atoms with van der Waals surface area (Å²) in [5.74, 6) is 4.54. The molecule has 2 heterocycles. The molecule has 0 spiro atoms. The Balaban J connectivity index is 1.67. The zero-order chi connectivity index (χ0) is 12.5. The average Bonchev–Trinajstić information content (AvgIpc) is 3.23. The Labute approximate surface area is 116 Å². The fourth-order valence-electron chi connectivity index (χ4n) is 3.65. The number of hydrogen-bond acceptors (Lipinski definition) is 3. The smallest absolute Gasteiger partial charge is 0.0247 e. The van der Waals surface area contributed by atoms with Gasteiger partial charge in [-0.1, -0.05) is 13.8 Å². The maximum absolute atomic E-state index is 3.83. The van der Waals surface area contributed by atoms with Gasteiger partial charge in [-0.15, -0.1) is 0 Å². The molecule has 104 valence electrons. The molecule has 0 amide bonds. The highest BCUT2D eigenvalue weighted by atomic mass is 32.2. The van der Waals surface area contributed by atoms with Gasteiger partial charge >= 0.3 is 0 Å². The van der Waals surface area contributed by atoms with Crippen molar-refractivity contribution in [3.63, 3.8) is 0 Å². The first-order valence-electron chi connectivity index (χ1n) is 7.82. The van der Waals surface area contributed by atoms with Crippen molar-refractivity contribution in [3.8, 4) is 0 Å². The van der Waals surface area contributed by atoms with Gasteiger partial charge in [-0.3, -0.25) is 4.90 Å². The van der Waals surface area contributed by atoms with E-state index in [-0.39, 0.29) is 0 Å². The molecule has 0 aromatic rings. The number of thioether (sulfide) groups is 1. The summed E-state index contributed by atoms with van der Waals surface area (Å²) in [6, 6.07) is 2.43. The second-order valence-corrected chi connectivity index (χ2v) is 7.88. The molecule has 0 radical (unpaired) electrons. The van der Waals surface area contributed by atoms with E-state index in [2.05, 4.69) is 35.8 Å². The Hall–Kier alpha value is 0.270. The summed E-state index contributed by atoms with van der Waals surface area (Å²) in [5.41, 5.74) is 0. The lowest BCUT2D eigenvalue weighted by Gasteiger charge is -2.47. The lowest BCUT2D eigenvalue weighted by Crippen LogP contribution is -2.62. The first-order chi connectivity index (χ1) is 8.75. The quantitative estimate of drug-likeness (QED) is 0.847. The number of piperazine rings is 1. The summed E-state index contributed by atoms with van der Waals surface area (Å²) < 4.78 is 0. The molecule has 0 bridgehead atoms. The third kappa shape index (κ3) is 2.88. The fourth-order valence-corrected chi connectivity index (χ4v) is 4.82. The second-order valence-electron chi connectivity index (χ2n) is 6.73. The fraction of sp³-hybridized carbons (Fsp3) is 1.00. The summed E-state index contributed by atoms with van der Waals surface area (Å²) in [5, 5.41) is 3.83. The van der Waals surface area contributed by atoms with E-state index < -0.39 is 0 Å². The molecule has 3 rings (SSSR count). The zero-order valence-electron chi connectivity index (χ0n) is 11.9. The van der Waals surface area contributed by atoms with Crippen LogP contribution in [0.2, 0.25) is 0 Å². The normalized spacial score (nSPS) is 39.2. The van der Waals surface area contributed by atoms with Crippen LogP contribution in [0, 0.1) is 11.8 Å². The van der Waals surface area contributed by atoms with Crippen molar-refractivity contribution in [2.75, 3.05) is 24.6 Å². The Morgan fingerprint density at radius 2 is 2.06 bits per heavy atom. The standard InChI is InChI=1S/C15H28N2S/c1-11(2)15-8-16-14(12-5-6-12)9-17(15)13-4-3-7-18-10-13/h11-16H,3-10H2,1-2H3. The van der Waals surface area contributed by atoms with Gasteiger partial charge in [0.15, 0.2) is 0 Å². The molecule has 3 fully saturated rings. The van der Waals surface area contributed by atoms with Gasteiger partial charge in [0, 0.05) is 37.0 Å². The van der Waals surface area contributed by atoms with Crippen molar-refractivity contribution >= 4 is 11.8 Å². The molecule has 3 aliphatic rings. The van der Waals surface area contributed by atoms with Crippen molar-refractivity contribution in [3.05, 3.63) is 0 Å².